The Labute approximate surface area is 199 Å². The predicted molar refractivity (Wildman–Crippen MR) is 117 cm³/mol. The van der Waals surface area contributed by atoms with Crippen molar-refractivity contribution in [2.45, 2.75) is 97.6 Å². The molecule has 0 spiro atoms. The van der Waals surface area contributed by atoms with Gasteiger partial charge in [0.2, 0.25) is 5.91 Å². The number of aliphatic hydroxyl groups excluding tert-OH is 1. The molecule has 1 aromatic carbocycles. The molecular weight excluding hydrogens is 423 g/mol. The third-order valence-corrected chi connectivity index (χ3v) is 5.02. The van der Waals surface area contributed by atoms with Crippen LogP contribution in [0.5, 0.6) is 0 Å². The van der Waals surface area contributed by atoms with Gasteiger partial charge in [-0.2, -0.15) is 6.42 Å². The molecule has 1 heterocycles. The van der Waals surface area contributed by atoms with Crippen molar-refractivity contribution in [2.24, 2.45) is 0 Å². The SMILES string of the molecule is CC.CC.OC1CCc2ccccc21.[CH2-]CCCCC[C@@H]1CCC(=O)N1C.[Y]. The summed E-state index contributed by atoms with van der Waals surface area (Å²) in [6.45, 7) is 11.8. The van der Waals surface area contributed by atoms with Crippen molar-refractivity contribution in [3.05, 3.63) is 42.3 Å². The van der Waals surface area contributed by atoms with E-state index in [2.05, 4.69) is 13.0 Å². The Morgan fingerprint density at radius 3 is 2.21 bits per heavy atom. The number of rotatable bonds is 5. The zero-order valence-electron chi connectivity index (χ0n) is 18.9. The van der Waals surface area contributed by atoms with E-state index in [4.69, 9.17) is 0 Å². The standard InChI is InChI=1S/C11H20NO.C9H10O.2C2H6.Y/c1-3-4-5-6-7-10-8-9-11(13)12(10)2;10-9-6-5-7-3-1-2-4-8(7)9;2*1-2;/h10H,1,3-9H2,2H3;1-4,9-10H,5-6H2;2*1-2H3;/q-1;;;;/t10-;;;;/m1..../s1. The monoisotopic (exact) mass is 465 g/mol. The number of nitrogens with zero attached hydrogens (tertiary/aromatic N) is 1. The fourth-order valence-corrected chi connectivity index (χ4v) is 3.47. The van der Waals surface area contributed by atoms with E-state index in [-0.39, 0.29) is 38.8 Å². The van der Waals surface area contributed by atoms with Gasteiger partial charge in [0, 0.05) is 52.2 Å². The number of aryl methyl sites for hydroxylation is 1. The molecule has 1 fully saturated rings. The zero-order chi connectivity index (χ0) is 20.7. The topological polar surface area (TPSA) is 40.5 Å². The van der Waals surface area contributed by atoms with Crippen LogP contribution in [0, 0.1) is 6.92 Å². The van der Waals surface area contributed by atoms with Gasteiger partial charge in [0.05, 0.1) is 6.10 Å². The van der Waals surface area contributed by atoms with Crippen LogP contribution in [0.25, 0.3) is 0 Å². The number of benzene rings is 1. The van der Waals surface area contributed by atoms with E-state index >= 15 is 0 Å². The number of fused-ring (bicyclic) bond motifs is 1. The van der Waals surface area contributed by atoms with Crippen molar-refractivity contribution in [1.82, 2.24) is 4.90 Å². The Kier molecular flexibility index (Phi) is 20.1. The number of hydrogen-bond donors (Lipinski definition) is 1. The first kappa shape index (κ1) is 30.0. The van der Waals surface area contributed by atoms with Gasteiger partial charge in [-0.1, -0.05) is 71.2 Å². The summed E-state index contributed by atoms with van der Waals surface area (Å²) in [6.07, 6.45) is 9.54. The first-order chi connectivity index (χ1) is 13.1. The minimum atomic E-state index is -0.198. The normalized spacial score (nSPS) is 19.1. The molecule has 1 aliphatic carbocycles. The van der Waals surface area contributed by atoms with Crippen molar-refractivity contribution in [2.75, 3.05) is 7.05 Å². The summed E-state index contributed by atoms with van der Waals surface area (Å²) in [6, 6.07) is 8.63. The molecule has 2 aliphatic rings. The molecule has 159 valence electrons. The predicted octanol–water partition coefficient (Wildman–Crippen LogP) is 6.11. The molecule has 28 heavy (non-hydrogen) atoms. The van der Waals surface area contributed by atoms with Crippen LogP contribution in [0.3, 0.4) is 0 Å². The molecule has 1 saturated heterocycles. The summed E-state index contributed by atoms with van der Waals surface area (Å²) >= 11 is 0. The van der Waals surface area contributed by atoms with Gasteiger partial charge in [-0.05, 0) is 36.8 Å². The zero-order valence-corrected chi connectivity index (χ0v) is 21.8. The summed E-state index contributed by atoms with van der Waals surface area (Å²) in [5.41, 5.74) is 2.44. The maximum atomic E-state index is 11.2. The molecule has 0 bridgehead atoms. The molecule has 3 rings (SSSR count). The molecular formula is C24H42NO2Y-. The molecule has 1 N–H and O–H groups in total. The number of hydrogen-bond acceptors (Lipinski definition) is 2. The molecule has 1 unspecified atom stereocenters. The van der Waals surface area contributed by atoms with Gasteiger partial charge in [-0.15, -0.1) is 0 Å². The van der Waals surface area contributed by atoms with Crippen LogP contribution in [0.1, 0.15) is 96.3 Å². The Balaban J connectivity index is 0. The fourth-order valence-electron chi connectivity index (χ4n) is 3.47. The molecule has 0 saturated carbocycles. The second-order valence-electron chi connectivity index (χ2n) is 6.65. The second-order valence-corrected chi connectivity index (χ2v) is 6.65. The molecule has 1 amide bonds. The van der Waals surface area contributed by atoms with E-state index in [1.165, 1.54) is 31.2 Å². The van der Waals surface area contributed by atoms with Crippen LogP contribution in [-0.2, 0) is 43.9 Å². The summed E-state index contributed by atoms with van der Waals surface area (Å²) in [4.78, 5) is 13.1. The van der Waals surface area contributed by atoms with Crippen molar-refractivity contribution < 1.29 is 42.6 Å². The average Bonchev–Trinajstić information content (AvgIpc) is 3.26. The van der Waals surface area contributed by atoms with Crippen LogP contribution in [-0.4, -0.2) is 29.0 Å². The van der Waals surface area contributed by atoms with Crippen LogP contribution in [0.4, 0.5) is 0 Å². The van der Waals surface area contributed by atoms with Gasteiger partial charge in [-0.25, -0.2) is 0 Å². The summed E-state index contributed by atoms with van der Waals surface area (Å²) in [7, 11) is 1.93. The van der Waals surface area contributed by atoms with Gasteiger partial charge in [0.15, 0.2) is 0 Å². The van der Waals surface area contributed by atoms with E-state index in [0.29, 0.717) is 11.9 Å². The van der Waals surface area contributed by atoms with Crippen molar-refractivity contribution >= 4 is 5.91 Å². The van der Waals surface area contributed by atoms with E-state index < -0.39 is 0 Å². The van der Waals surface area contributed by atoms with E-state index in [1.807, 2.05) is 57.8 Å². The molecule has 1 aliphatic heterocycles. The minimum Gasteiger partial charge on any atom is -0.388 e. The van der Waals surface area contributed by atoms with E-state index in [0.717, 1.165) is 37.7 Å². The van der Waals surface area contributed by atoms with E-state index in [1.54, 1.807) is 0 Å². The van der Waals surface area contributed by atoms with Gasteiger partial charge in [0.25, 0.3) is 0 Å². The van der Waals surface area contributed by atoms with Crippen molar-refractivity contribution in [3.8, 4) is 0 Å². The van der Waals surface area contributed by atoms with E-state index in [9.17, 15) is 9.90 Å². The maximum absolute atomic E-state index is 11.2. The smallest absolute Gasteiger partial charge is 0.222 e. The number of likely N-dealkylation sites (tertiary alicyclic amines) is 1. The molecule has 3 nitrogen and oxygen atoms in total. The largest absolute Gasteiger partial charge is 0.388 e. The van der Waals surface area contributed by atoms with Gasteiger partial charge < -0.3 is 16.9 Å². The Bertz CT molecular complexity index is 507. The number of unbranched alkanes of at least 4 members (excludes halogenated alkanes) is 3. The summed E-state index contributed by atoms with van der Waals surface area (Å²) in [5.74, 6) is 0.321. The minimum absolute atomic E-state index is 0. The summed E-state index contributed by atoms with van der Waals surface area (Å²) < 4.78 is 0. The van der Waals surface area contributed by atoms with Crippen LogP contribution >= 0.6 is 0 Å². The number of carbonyl (C=O) groups is 1. The fraction of sp³-hybridized carbons (Fsp3) is 0.667. The van der Waals surface area contributed by atoms with Crippen molar-refractivity contribution in [1.29, 1.82) is 0 Å². The molecule has 1 aromatic rings. The van der Waals surface area contributed by atoms with Gasteiger partial charge in [-0.3, -0.25) is 4.79 Å². The number of carbonyl (C=O) groups excluding carboxylic acids is 1. The first-order valence-corrected chi connectivity index (χ1v) is 10.9. The van der Waals surface area contributed by atoms with Crippen LogP contribution in [0.2, 0.25) is 0 Å². The third kappa shape index (κ3) is 10.5. The number of aliphatic hydroxyl groups is 1. The molecule has 1 radical (unpaired) electrons. The Morgan fingerprint density at radius 1 is 1.04 bits per heavy atom. The van der Waals surface area contributed by atoms with Crippen LogP contribution < -0.4 is 0 Å². The molecule has 0 aromatic heterocycles. The maximum Gasteiger partial charge on any atom is 0.222 e. The first-order valence-electron chi connectivity index (χ1n) is 10.9. The van der Waals surface area contributed by atoms with Crippen LogP contribution in [0.15, 0.2) is 24.3 Å². The van der Waals surface area contributed by atoms with Gasteiger partial charge in [0.1, 0.15) is 0 Å². The molecule has 2 atom stereocenters. The third-order valence-electron chi connectivity index (χ3n) is 5.02. The Hall–Kier alpha value is -0.246. The van der Waals surface area contributed by atoms with Gasteiger partial charge >= 0.3 is 0 Å². The number of amides is 1. The molecule has 4 heteroatoms. The average molecular weight is 466 g/mol. The Morgan fingerprint density at radius 2 is 1.68 bits per heavy atom. The summed E-state index contributed by atoms with van der Waals surface area (Å²) in [5, 5.41) is 9.38. The van der Waals surface area contributed by atoms with Crippen molar-refractivity contribution in [3.63, 3.8) is 0 Å². The second kappa shape index (κ2) is 18.8. The quantitative estimate of drug-likeness (QED) is 0.421.